The minimum atomic E-state index is -4.11. The Balaban J connectivity index is 1.72. The van der Waals surface area contributed by atoms with Gasteiger partial charge in [-0.1, -0.05) is 12.1 Å². The van der Waals surface area contributed by atoms with Crippen LogP contribution >= 0.6 is 0 Å². The Hall–Kier alpha value is -3.34. The van der Waals surface area contributed by atoms with Crippen molar-refractivity contribution in [3.63, 3.8) is 0 Å². The summed E-state index contributed by atoms with van der Waals surface area (Å²) < 4.78 is 30.2. The van der Waals surface area contributed by atoms with E-state index in [0.29, 0.717) is 16.8 Å². The molecule has 3 aromatic rings. The lowest BCUT2D eigenvalue weighted by Gasteiger charge is -2.37. The molecule has 4 heterocycles. The lowest BCUT2D eigenvalue weighted by molar-refractivity contribution is -0.144. The molecule has 2 aromatic heterocycles. The number of aliphatic hydroxyl groups excluding tert-OH is 1. The van der Waals surface area contributed by atoms with E-state index in [4.69, 9.17) is 0 Å². The summed E-state index contributed by atoms with van der Waals surface area (Å²) in [5.74, 6) is -3.28. The van der Waals surface area contributed by atoms with E-state index in [1.807, 2.05) is 0 Å². The molecular weight excluding hydrogens is 458 g/mol. The lowest BCUT2D eigenvalue weighted by atomic mass is 9.87. The molecule has 5 rings (SSSR count). The summed E-state index contributed by atoms with van der Waals surface area (Å²) in [6.45, 7) is 1.21. The number of fused-ring (bicyclic) bond motifs is 4. The second kappa shape index (κ2) is 8.15. The Labute approximate surface area is 196 Å². The molecule has 0 saturated carbocycles. The second-order valence-electron chi connectivity index (χ2n) is 8.70. The largest absolute Gasteiger partial charge is 0.481 e. The van der Waals surface area contributed by atoms with E-state index in [1.165, 1.54) is 21.0 Å². The van der Waals surface area contributed by atoms with E-state index < -0.39 is 46.5 Å². The number of aliphatic hydroxyl groups is 1. The van der Waals surface area contributed by atoms with Gasteiger partial charge in [0.15, 0.2) is 0 Å². The Morgan fingerprint density at radius 2 is 1.88 bits per heavy atom. The molecule has 176 valence electrons. The van der Waals surface area contributed by atoms with Gasteiger partial charge < -0.3 is 14.8 Å². The van der Waals surface area contributed by atoms with Crippen molar-refractivity contribution in [2.24, 2.45) is 11.8 Å². The van der Waals surface area contributed by atoms with Crippen LogP contribution in [0.15, 0.2) is 70.6 Å². The summed E-state index contributed by atoms with van der Waals surface area (Å²) in [4.78, 5) is 29.8. The maximum atomic E-state index is 13.8. The van der Waals surface area contributed by atoms with E-state index in [9.17, 15) is 28.2 Å². The summed E-state index contributed by atoms with van der Waals surface area (Å²) in [6, 6.07) is 11.0. The SMILES string of the molecule is Cc1cccc(S(=O)(=O)N2[C@@H]3c4ccc(-c5ccncc5)c(=O)n4C[C@H]2[C@H](CO)[C@H]3C(=O)O)c1. The van der Waals surface area contributed by atoms with E-state index >= 15 is 0 Å². The zero-order valence-corrected chi connectivity index (χ0v) is 19.1. The first-order chi connectivity index (χ1) is 16.3. The maximum absolute atomic E-state index is 13.8. The molecule has 0 amide bonds. The van der Waals surface area contributed by atoms with Gasteiger partial charge in [-0.15, -0.1) is 0 Å². The smallest absolute Gasteiger partial charge is 0.308 e. The van der Waals surface area contributed by atoms with E-state index in [1.54, 1.807) is 55.7 Å². The zero-order chi connectivity index (χ0) is 24.2. The van der Waals surface area contributed by atoms with Crippen LogP contribution in [0.3, 0.4) is 0 Å². The van der Waals surface area contributed by atoms with E-state index in [0.717, 1.165) is 5.56 Å². The number of aromatic nitrogens is 2. The number of benzene rings is 1. The lowest BCUT2D eigenvalue weighted by Crippen LogP contribution is -2.49. The van der Waals surface area contributed by atoms with Gasteiger partial charge in [0.2, 0.25) is 10.0 Å². The van der Waals surface area contributed by atoms with Crippen LogP contribution in [-0.2, 0) is 21.4 Å². The highest BCUT2D eigenvalue weighted by Gasteiger charge is 2.60. The van der Waals surface area contributed by atoms with Crippen molar-refractivity contribution in [3.8, 4) is 11.1 Å². The van der Waals surface area contributed by atoms with Crippen LogP contribution in [-0.4, -0.2) is 51.1 Å². The summed E-state index contributed by atoms with van der Waals surface area (Å²) in [6.07, 6.45) is 3.14. The molecule has 0 aliphatic carbocycles. The van der Waals surface area contributed by atoms with Crippen molar-refractivity contribution in [2.75, 3.05) is 6.61 Å². The molecule has 10 heteroatoms. The van der Waals surface area contributed by atoms with Crippen LogP contribution in [0.5, 0.6) is 0 Å². The van der Waals surface area contributed by atoms with Gasteiger partial charge in [0, 0.05) is 48.8 Å². The Bertz CT molecular complexity index is 1440. The molecule has 4 atom stereocenters. The first kappa shape index (κ1) is 22.5. The van der Waals surface area contributed by atoms with E-state index in [-0.39, 0.29) is 17.0 Å². The minimum absolute atomic E-state index is 0.0504. The third-order valence-electron chi connectivity index (χ3n) is 6.83. The Morgan fingerprint density at radius 1 is 1.15 bits per heavy atom. The fourth-order valence-electron chi connectivity index (χ4n) is 5.31. The molecule has 34 heavy (non-hydrogen) atoms. The van der Waals surface area contributed by atoms with Gasteiger partial charge >= 0.3 is 5.97 Å². The average molecular weight is 482 g/mol. The third-order valence-corrected chi connectivity index (χ3v) is 8.73. The van der Waals surface area contributed by atoms with Crippen LogP contribution in [0.4, 0.5) is 0 Å². The predicted octanol–water partition coefficient (Wildman–Crippen LogP) is 1.66. The maximum Gasteiger partial charge on any atom is 0.308 e. The van der Waals surface area contributed by atoms with Crippen molar-refractivity contribution >= 4 is 16.0 Å². The van der Waals surface area contributed by atoms with Crippen molar-refractivity contribution in [1.82, 2.24) is 13.9 Å². The van der Waals surface area contributed by atoms with Crippen molar-refractivity contribution < 1.29 is 23.4 Å². The average Bonchev–Trinajstić information content (AvgIpc) is 3.08. The molecule has 2 aliphatic rings. The van der Waals surface area contributed by atoms with E-state index in [2.05, 4.69) is 4.98 Å². The molecule has 0 unspecified atom stereocenters. The second-order valence-corrected chi connectivity index (χ2v) is 10.5. The topological polar surface area (TPSA) is 130 Å². The summed E-state index contributed by atoms with van der Waals surface area (Å²) >= 11 is 0. The number of carboxylic acid groups (broad SMARTS) is 1. The molecular formula is C24H23N3O6S. The fraction of sp³-hybridized carbons (Fsp3) is 0.292. The number of carbonyl (C=O) groups is 1. The van der Waals surface area contributed by atoms with Gasteiger partial charge in [-0.25, -0.2) is 8.42 Å². The van der Waals surface area contributed by atoms with Crippen LogP contribution in [0.2, 0.25) is 0 Å². The Morgan fingerprint density at radius 3 is 2.53 bits per heavy atom. The summed E-state index contributed by atoms with van der Waals surface area (Å²) in [5, 5.41) is 20.2. The first-order valence-electron chi connectivity index (χ1n) is 10.8. The first-order valence-corrected chi connectivity index (χ1v) is 12.3. The fourth-order valence-corrected chi connectivity index (χ4v) is 7.26. The molecule has 0 spiro atoms. The standard InChI is InChI=1S/C24H23N3O6S/c1-14-3-2-4-16(11-14)34(32,33)27-20-12-26-19(22(27)21(24(30)31)18(20)13-28)6-5-17(23(26)29)15-7-9-25-10-8-15/h2-11,18,20-22,28H,12-13H2,1H3,(H,30,31)/t18-,20-,21+,22+/m0/s1. The summed E-state index contributed by atoms with van der Waals surface area (Å²) in [5.41, 5.74) is 1.78. The van der Waals surface area contributed by atoms with Crippen molar-refractivity contribution in [2.45, 2.75) is 30.4 Å². The van der Waals surface area contributed by atoms with Gasteiger partial charge in [0.1, 0.15) is 0 Å². The van der Waals surface area contributed by atoms with Gasteiger partial charge in [-0.2, -0.15) is 4.31 Å². The van der Waals surface area contributed by atoms with Crippen LogP contribution < -0.4 is 5.56 Å². The molecule has 2 bridgehead atoms. The highest BCUT2D eigenvalue weighted by Crippen LogP contribution is 2.51. The zero-order valence-electron chi connectivity index (χ0n) is 18.3. The van der Waals surface area contributed by atoms with Crippen LogP contribution in [0.1, 0.15) is 17.3 Å². The molecule has 1 fully saturated rings. The molecule has 9 nitrogen and oxygen atoms in total. The molecule has 2 aliphatic heterocycles. The van der Waals surface area contributed by atoms with Gasteiger partial charge in [0.25, 0.3) is 5.56 Å². The number of rotatable bonds is 5. The number of sulfonamides is 1. The Kier molecular flexibility index (Phi) is 5.38. The van der Waals surface area contributed by atoms with Crippen molar-refractivity contribution in [3.05, 3.63) is 82.5 Å². The number of nitrogens with zero attached hydrogens (tertiary/aromatic N) is 3. The van der Waals surface area contributed by atoms with Crippen molar-refractivity contribution in [1.29, 1.82) is 0 Å². The predicted molar refractivity (Wildman–Crippen MR) is 122 cm³/mol. The number of aliphatic carboxylic acids is 1. The number of hydrogen-bond donors (Lipinski definition) is 2. The van der Waals surface area contributed by atoms with Gasteiger partial charge in [0.05, 0.1) is 16.9 Å². The summed E-state index contributed by atoms with van der Waals surface area (Å²) in [7, 11) is -4.11. The van der Waals surface area contributed by atoms with Gasteiger partial charge in [-0.3, -0.25) is 14.6 Å². The molecule has 2 N–H and O–H groups in total. The molecule has 1 saturated heterocycles. The van der Waals surface area contributed by atoms with Gasteiger partial charge in [-0.05, 0) is 54.4 Å². The van der Waals surface area contributed by atoms with Crippen LogP contribution in [0.25, 0.3) is 11.1 Å². The highest BCUT2D eigenvalue weighted by molar-refractivity contribution is 7.89. The monoisotopic (exact) mass is 481 g/mol. The number of aryl methyl sites for hydroxylation is 1. The highest BCUT2D eigenvalue weighted by atomic mass is 32.2. The van der Waals surface area contributed by atoms with Crippen LogP contribution in [0, 0.1) is 18.8 Å². The quantitative estimate of drug-likeness (QED) is 0.567. The molecule has 1 aromatic carbocycles. The number of carboxylic acids is 1. The number of hydrogen-bond acceptors (Lipinski definition) is 6. The molecule has 0 radical (unpaired) electrons. The third kappa shape index (κ3) is 3.29. The minimum Gasteiger partial charge on any atom is -0.481 e. The number of pyridine rings is 2. The normalized spacial score (nSPS) is 24.1.